The predicted octanol–water partition coefficient (Wildman–Crippen LogP) is 11.3. The first-order valence-electron chi connectivity index (χ1n) is 15.7. The van der Waals surface area contributed by atoms with E-state index >= 15 is 0 Å². The minimum absolute atomic E-state index is 0.560. The summed E-state index contributed by atoms with van der Waals surface area (Å²) in [6, 6.07) is 56.2. The number of nitrogens with zero attached hydrogens (tertiary/aromatic N) is 3. The summed E-state index contributed by atoms with van der Waals surface area (Å²) in [6.07, 6.45) is 0. The van der Waals surface area contributed by atoms with Crippen molar-refractivity contribution in [1.29, 1.82) is 0 Å². The molecule has 2 aromatic heterocycles. The van der Waals surface area contributed by atoms with Crippen molar-refractivity contribution in [3.05, 3.63) is 164 Å². The third-order valence-corrected chi connectivity index (χ3v) is 8.77. The van der Waals surface area contributed by atoms with Crippen LogP contribution >= 0.6 is 0 Å². The topological polar surface area (TPSA) is 51.8 Å². The van der Waals surface area contributed by atoms with E-state index in [0.29, 0.717) is 17.5 Å². The molecule has 0 radical (unpaired) electrons. The second-order valence-corrected chi connectivity index (χ2v) is 11.6. The van der Waals surface area contributed by atoms with E-state index in [1.165, 1.54) is 0 Å². The number of para-hydroxylation sites is 2. The highest BCUT2D eigenvalue weighted by atomic mass is 16.3. The van der Waals surface area contributed by atoms with Crippen LogP contribution in [0.2, 0.25) is 0 Å². The van der Waals surface area contributed by atoms with Gasteiger partial charge in [0, 0.05) is 21.9 Å². The lowest BCUT2D eigenvalue weighted by Crippen LogP contribution is -2.02. The predicted molar refractivity (Wildman–Crippen MR) is 192 cm³/mol. The summed E-state index contributed by atoms with van der Waals surface area (Å²) in [7, 11) is 0. The highest BCUT2D eigenvalue weighted by molar-refractivity contribution is 6.09. The molecule has 47 heavy (non-hydrogen) atoms. The molecule has 0 amide bonds. The molecule has 0 spiro atoms. The van der Waals surface area contributed by atoms with Crippen LogP contribution in [0.15, 0.2) is 168 Å². The fraction of sp³-hybridized carbons (Fsp3) is 0. The van der Waals surface area contributed by atoms with Gasteiger partial charge in [-0.25, -0.2) is 15.0 Å². The quantitative estimate of drug-likeness (QED) is 0.197. The van der Waals surface area contributed by atoms with Gasteiger partial charge in [0.05, 0.1) is 5.56 Å². The second kappa shape index (κ2) is 11.2. The Hall–Kier alpha value is -6.39. The Balaban J connectivity index is 1.38. The molecular weight excluding hydrogens is 574 g/mol. The number of furan rings is 1. The third-order valence-electron chi connectivity index (χ3n) is 8.77. The zero-order valence-electron chi connectivity index (χ0n) is 25.3. The first kappa shape index (κ1) is 27.0. The molecule has 4 nitrogen and oxygen atoms in total. The fourth-order valence-corrected chi connectivity index (χ4v) is 6.57. The first-order valence-corrected chi connectivity index (χ1v) is 15.7. The second-order valence-electron chi connectivity index (χ2n) is 11.6. The Labute approximate surface area is 271 Å². The van der Waals surface area contributed by atoms with Gasteiger partial charge in [-0.1, -0.05) is 152 Å². The average Bonchev–Trinajstić information content (AvgIpc) is 3.54. The van der Waals surface area contributed by atoms with Gasteiger partial charge in [0.25, 0.3) is 0 Å². The minimum atomic E-state index is 0.560. The summed E-state index contributed by atoms with van der Waals surface area (Å²) >= 11 is 0. The zero-order chi connectivity index (χ0) is 31.2. The molecule has 0 saturated carbocycles. The SMILES string of the molecule is c1ccc(-c2ccccc2-c2nc(-c3c(-c4ccccc4)ccc4ccccc34)nc(-c3cccc4c3oc3ccccc34)n2)cc1. The van der Waals surface area contributed by atoms with Crippen LogP contribution in [-0.4, -0.2) is 15.0 Å². The normalized spacial score (nSPS) is 11.4. The summed E-state index contributed by atoms with van der Waals surface area (Å²) in [5.74, 6) is 1.77. The molecule has 0 atom stereocenters. The van der Waals surface area contributed by atoms with Crippen molar-refractivity contribution in [2.24, 2.45) is 0 Å². The van der Waals surface area contributed by atoms with Crippen molar-refractivity contribution < 1.29 is 4.42 Å². The number of rotatable bonds is 5. The third kappa shape index (κ3) is 4.66. The molecule has 0 unspecified atom stereocenters. The molecule has 0 fully saturated rings. The van der Waals surface area contributed by atoms with Crippen LogP contribution in [0.1, 0.15) is 0 Å². The molecule has 0 aliphatic heterocycles. The Morgan fingerprint density at radius 2 is 0.894 bits per heavy atom. The van der Waals surface area contributed by atoms with E-state index < -0.39 is 0 Å². The standard InChI is InChI=1S/C43H27N3O/c1-3-14-28(15-4-1)31-19-9-10-22-36(31)41-44-42(37-24-13-23-35-34-21-11-12-25-38(34)47-40(35)37)46-43(45-41)39-32-20-8-7-18-30(32)26-27-33(39)29-16-5-2-6-17-29/h1-27H. The molecule has 9 aromatic rings. The summed E-state index contributed by atoms with van der Waals surface area (Å²) < 4.78 is 6.49. The number of hydrogen-bond acceptors (Lipinski definition) is 4. The molecule has 0 bridgehead atoms. The maximum atomic E-state index is 6.49. The molecule has 4 heteroatoms. The monoisotopic (exact) mass is 601 g/mol. The van der Waals surface area contributed by atoms with Gasteiger partial charge >= 0.3 is 0 Å². The number of benzene rings is 7. The molecule has 0 aliphatic rings. The number of fused-ring (bicyclic) bond motifs is 4. The van der Waals surface area contributed by atoms with Gasteiger partial charge in [0.1, 0.15) is 11.2 Å². The Morgan fingerprint density at radius 3 is 1.68 bits per heavy atom. The smallest absolute Gasteiger partial charge is 0.167 e. The summed E-state index contributed by atoms with van der Waals surface area (Å²) in [4.78, 5) is 15.8. The van der Waals surface area contributed by atoms with Gasteiger partial charge < -0.3 is 4.42 Å². The number of hydrogen-bond donors (Lipinski definition) is 0. The van der Waals surface area contributed by atoms with Crippen LogP contribution in [0.25, 0.3) is 89.1 Å². The minimum Gasteiger partial charge on any atom is -0.455 e. The lowest BCUT2D eigenvalue weighted by Gasteiger charge is -2.16. The van der Waals surface area contributed by atoms with E-state index in [1.807, 2.05) is 48.5 Å². The van der Waals surface area contributed by atoms with Crippen molar-refractivity contribution in [3.63, 3.8) is 0 Å². The molecular formula is C43H27N3O. The van der Waals surface area contributed by atoms with E-state index in [-0.39, 0.29) is 0 Å². The average molecular weight is 602 g/mol. The van der Waals surface area contributed by atoms with Gasteiger partial charge in [-0.15, -0.1) is 0 Å². The zero-order valence-corrected chi connectivity index (χ0v) is 25.3. The van der Waals surface area contributed by atoms with Crippen LogP contribution in [0.5, 0.6) is 0 Å². The Bertz CT molecular complexity index is 2570. The maximum Gasteiger partial charge on any atom is 0.167 e. The van der Waals surface area contributed by atoms with Crippen molar-refractivity contribution in [2.75, 3.05) is 0 Å². The van der Waals surface area contributed by atoms with Crippen LogP contribution in [-0.2, 0) is 0 Å². The van der Waals surface area contributed by atoms with Gasteiger partial charge in [0.2, 0.25) is 0 Å². The highest BCUT2D eigenvalue weighted by Gasteiger charge is 2.21. The summed E-state index contributed by atoms with van der Waals surface area (Å²) in [5.41, 5.74) is 8.62. The molecule has 9 rings (SSSR count). The first-order chi connectivity index (χ1) is 23.3. The molecule has 0 saturated heterocycles. The lowest BCUT2D eigenvalue weighted by atomic mass is 9.93. The maximum absolute atomic E-state index is 6.49. The fourth-order valence-electron chi connectivity index (χ4n) is 6.57. The van der Waals surface area contributed by atoms with Crippen molar-refractivity contribution in [1.82, 2.24) is 15.0 Å². The summed E-state index contributed by atoms with van der Waals surface area (Å²) in [6.45, 7) is 0. The molecule has 2 heterocycles. The number of aromatic nitrogens is 3. The van der Waals surface area contributed by atoms with E-state index in [2.05, 4.69) is 115 Å². The molecule has 220 valence electrons. The van der Waals surface area contributed by atoms with E-state index in [0.717, 1.165) is 71.7 Å². The van der Waals surface area contributed by atoms with Crippen LogP contribution < -0.4 is 0 Å². The molecule has 0 aliphatic carbocycles. The summed E-state index contributed by atoms with van der Waals surface area (Å²) in [5, 5.41) is 4.29. The van der Waals surface area contributed by atoms with Gasteiger partial charge in [0.15, 0.2) is 17.5 Å². The van der Waals surface area contributed by atoms with E-state index in [4.69, 9.17) is 19.4 Å². The van der Waals surface area contributed by atoms with Crippen molar-refractivity contribution >= 4 is 32.7 Å². The van der Waals surface area contributed by atoms with Gasteiger partial charge in [-0.2, -0.15) is 0 Å². The van der Waals surface area contributed by atoms with E-state index in [1.54, 1.807) is 0 Å². The largest absolute Gasteiger partial charge is 0.455 e. The van der Waals surface area contributed by atoms with Gasteiger partial charge in [-0.05, 0) is 45.2 Å². The Kier molecular flexibility index (Phi) is 6.43. The molecule has 7 aromatic carbocycles. The van der Waals surface area contributed by atoms with Crippen LogP contribution in [0.3, 0.4) is 0 Å². The lowest BCUT2D eigenvalue weighted by molar-refractivity contribution is 0.669. The molecule has 0 N–H and O–H groups in total. The van der Waals surface area contributed by atoms with Crippen molar-refractivity contribution in [2.45, 2.75) is 0 Å². The van der Waals surface area contributed by atoms with Crippen LogP contribution in [0.4, 0.5) is 0 Å². The van der Waals surface area contributed by atoms with Crippen molar-refractivity contribution in [3.8, 4) is 56.4 Å². The van der Waals surface area contributed by atoms with E-state index in [9.17, 15) is 0 Å². The van der Waals surface area contributed by atoms with Crippen LogP contribution in [0, 0.1) is 0 Å². The Morgan fingerprint density at radius 1 is 0.340 bits per heavy atom. The highest BCUT2D eigenvalue weighted by Crippen LogP contribution is 2.40. The van der Waals surface area contributed by atoms with Gasteiger partial charge in [-0.3, -0.25) is 0 Å².